The fourth-order valence-corrected chi connectivity index (χ4v) is 4.28. The van der Waals surface area contributed by atoms with Crippen molar-refractivity contribution < 1.29 is 28.6 Å². The molecule has 2 heterocycles. The molecule has 3 rings (SSSR count). The fourth-order valence-electron chi connectivity index (χ4n) is 3.21. The first-order valence-corrected chi connectivity index (χ1v) is 12.5. The van der Waals surface area contributed by atoms with E-state index in [4.69, 9.17) is 19.6 Å². The zero-order valence-corrected chi connectivity index (χ0v) is 21.5. The predicted octanol–water partition coefficient (Wildman–Crippen LogP) is 2.67. The van der Waals surface area contributed by atoms with Crippen LogP contribution in [0.5, 0.6) is 0 Å². The Kier molecular flexibility index (Phi) is 9.83. The van der Waals surface area contributed by atoms with Gasteiger partial charge in [-0.2, -0.15) is 0 Å². The van der Waals surface area contributed by atoms with Crippen molar-refractivity contribution in [1.82, 2.24) is 20.8 Å². The molecule has 188 valence electrons. The first kappa shape index (κ1) is 26.9. The minimum Gasteiger partial charge on any atom is -0.481 e. The van der Waals surface area contributed by atoms with E-state index in [0.29, 0.717) is 33.1 Å². The third-order valence-corrected chi connectivity index (χ3v) is 6.34. The average Bonchev–Trinajstić information content (AvgIpc) is 3.36. The largest absolute Gasteiger partial charge is 0.481 e. The number of carboxylic acids is 1. The molecule has 1 aromatic heterocycles. The summed E-state index contributed by atoms with van der Waals surface area (Å²) in [6.45, 7) is 4.47. The number of aliphatic carboxylic acids is 1. The molecule has 0 saturated heterocycles. The lowest BCUT2D eigenvalue weighted by molar-refractivity contribution is -0.143. The van der Waals surface area contributed by atoms with Crippen molar-refractivity contribution in [2.75, 3.05) is 32.9 Å². The van der Waals surface area contributed by atoms with Crippen molar-refractivity contribution in [2.24, 2.45) is 10.9 Å². The molecule has 0 fully saturated rings. The van der Waals surface area contributed by atoms with Gasteiger partial charge in [0.2, 0.25) is 0 Å². The zero-order chi connectivity index (χ0) is 25.4. The number of carboxylic acid groups (broad SMARTS) is 1. The standard InChI is InChI=1S/C22H25BrFN5O5S/c1-3-34-22(32)17-16(9-25-6-7-33-10-12(2)21(30)31)27-19(20-29-26-11-35-20)28-18(17)14-5-4-13(24)8-15(14)23/h4-5,8,11-12,18,25H,3,6-7,9-10H2,1-2H3,(H,27,28)(H,30,31). The maximum absolute atomic E-state index is 13.8. The van der Waals surface area contributed by atoms with Gasteiger partial charge in [-0.25, -0.2) is 9.18 Å². The number of esters is 1. The maximum Gasteiger partial charge on any atom is 0.338 e. The summed E-state index contributed by atoms with van der Waals surface area (Å²) in [6, 6.07) is 3.40. The molecule has 0 radical (unpaired) electrons. The molecule has 0 spiro atoms. The topological polar surface area (TPSA) is 135 Å². The molecule has 0 saturated carbocycles. The number of amidine groups is 1. The van der Waals surface area contributed by atoms with Gasteiger partial charge in [0.05, 0.1) is 31.3 Å². The second kappa shape index (κ2) is 12.8. The van der Waals surface area contributed by atoms with Crippen LogP contribution in [0, 0.1) is 11.7 Å². The SMILES string of the molecule is CCOC(=O)C1=C(CNCCOCC(C)C(=O)O)NC(c2nncs2)=NC1c1ccc(F)cc1Br. The normalized spacial score (nSPS) is 16.5. The highest BCUT2D eigenvalue weighted by Crippen LogP contribution is 2.36. The summed E-state index contributed by atoms with van der Waals surface area (Å²) in [5, 5.41) is 23.8. The van der Waals surface area contributed by atoms with Crippen LogP contribution < -0.4 is 10.6 Å². The van der Waals surface area contributed by atoms with Gasteiger partial charge < -0.3 is 25.2 Å². The molecule has 0 bridgehead atoms. The van der Waals surface area contributed by atoms with Crippen molar-refractivity contribution in [2.45, 2.75) is 19.9 Å². The highest BCUT2D eigenvalue weighted by atomic mass is 79.9. The maximum atomic E-state index is 13.8. The number of carbonyl (C=O) groups excluding carboxylic acids is 1. The predicted molar refractivity (Wildman–Crippen MR) is 131 cm³/mol. The van der Waals surface area contributed by atoms with Crippen molar-refractivity contribution in [1.29, 1.82) is 0 Å². The Morgan fingerprint density at radius 3 is 2.86 bits per heavy atom. The van der Waals surface area contributed by atoms with E-state index in [0.717, 1.165) is 0 Å². The summed E-state index contributed by atoms with van der Waals surface area (Å²) in [7, 11) is 0. The number of benzene rings is 1. The van der Waals surface area contributed by atoms with Gasteiger partial charge in [-0.1, -0.05) is 33.3 Å². The van der Waals surface area contributed by atoms with Crippen molar-refractivity contribution in [3.8, 4) is 0 Å². The third kappa shape index (κ3) is 7.13. The number of ether oxygens (including phenoxy) is 2. The molecule has 1 aliphatic heterocycles. The first-order valence-electron chi connectivity index (χ1n) is 10.8. The van der Waals surface area contributed by atoms with Gasteiger partial charge >= 0.3 is 11.9 Å². The van der Waals surface area contributed by atoms with Gasteiger partial charge in [-0.15, -0.1) is 10.2 Å². The van der Waals surface area contributed by atoms with Gasteiger partial charge in [-0.3, -0.25) is 9.79 Å². The highest BCUT2D eigenvalue weighted by Gasteiger charge is 2.34. The number of nitrogens with zero attached hydrogens (tertiary/aromatic N) is 3. The van der Waals surface area contributed by atoms with Crippen LogP contribution in [0.25, 0.3) is 0 Å². The lowest BCUT2D eigenvalue weighted by Crippen LogP contribution is -2.39. The number of carbonyl (C=O) groups is 2. The Hall–Kier alpha value is -2.74. The Morgan fingerprint density at radius 1 is 1.40 bits per heavy atom. The molecule has 13 heteroatoms. The second-order valence-electron chi connectivity index (χ2n) is 7.52. The number of hydrogen-bond acceptors (Lipinski definition) is 10. The average molecular weight is 570 g/mol. The minimum absolute atomic E-state index is 0.0978. The Labute approximate surface area is 213 Å². The van der Waals surface area contributed by atoms with E-state index in [-0.39, 0.29) is 31.9 Å². The van der Waals surface area contributed by atoms with Crippen LogP contribution in [0.3, 0.4) is 0 Å². The molecule has 35 heavy (non-hydrogen) atoms. The summed E-state index contributed by atoms with van der Waals surface area (Å²) < 4.78 is 25.0. The molecule has 10 nitrogen and oxygen atoms in total. The van der Waals surface area contributed by atoms with Gasteiger partial charge in [-0.05, 0) is 31.5 Å². The zero-order valence-electron chi connectivity index (χ0n) is 19.1. The van der Waals surface area contributed by atoms with Gasteiger partial charge in [0, 0.05) is 23.3 Å². The van der Waals surface area contributed by atoms with E-state index < -0.39 is 29.7 Å². The number of aliphatic imine (C=N–C) groups is 1. The van der Waals surface area contributed by atoms with Crippen molar-refractivity contribution in [3.63, 3.8) is 0 Å². The quantitative estimate of drug-likeness (QED) is 0.260. The van der Waals surface area contributed by atoms with E-state index in [9.17, 15) is 14.0 Å². The van der Waals surface area contributed by atoms with E-state index in [2.05, 4.69) is 36.8 Å². The van der Waals surface area contributed by atoms with Crippen LogP contribution in [0.2, 0.25) is 0 Å². The number of halogens is 2. The number of hydrogen-bond donors (Lipinski definition) is 3. The van der Waals surface area contributed by atoms with Crippen LogP contribution in [0.1, 0.15) is 30.5 Å². The summed E-state index contributed by atoms with van der Waals surface area (Å²) >= 11 is 4.67. The molecule has 2 atom stereocenters. The third-order valence-electron chi connectivity index (χ3n) is 4.96. The van der Waals surface area contributed by atoms with Crippen molar-refractivity contribution in [3.05, 3.63) is 55.8 Å². The molecule has 1 aliphatic rings. The summed E-state index contributed by atoms with van der Waals surface area (Å²) in [6.07, 6.45) is 0. The minimum atomic E-state index is -0.921. The summed E-state index contributed by atoms with van der Waals surface area (Å²) in [5.41, 5.74) is 2.95. The van der Waals surface area contributed by atoms with E-state index >= 15 is 0 Å². The van der Waals surface area contributed by atoms with E-state index in [1.807, 2.05) is 0 Å². The van der Waals surface area contributed by atoms with Crippen LogP contribution in [0.4, 0.5) is 4.39 Å². The van der Waals surface area contributed by atoms with E-state index in [1.165, 1.54) is 23.5 Å². The van der Waals surface area contributed by atoms with Crippen LogP contribution in [-0.2, 0) is 19.1 Å². The van der Waals surface area contributed by atoms with E-state index in [1.54, 1.807) is 25.4 Å². The molecule has 2 unspecified atom stereocenters. The second-order valence-corrected chi connectivity index (χ2v) is 9.21. The number of nitrogens with one attached hydrogen (secondary N) is 2. The molecule has 3 N–H and O–H groups in total. The lowest BCUT2D eigenvalue weighted by atomic mass is 9.95. The molecule has 0 aliphatic carbocycles. The van der Waals surface area contributed by atoms with Crippen LogP contribution in [0.15, 0.2) is 44.4 Å². The Morgan fingerprint density at radius 2 is 2.20 bits per heavy atom. The van der Waals surface area contributed by atoms with Crippen molar-refractivity contribution >= 4 is 45.0 Å². The monoisotopic (exact) mass is 569 g/mol. The Bertz CT molecular complexity index is 1110. The van der Waals surface area contributed by atoms with Crippen LogP contribution >= 0.6 is 27.3 Å². The summed E-state index contributed by atoms with van der Waals surface area (Å²) in [5.74, 6) is -2.08. The van der Waals surface area contributed by atoms with Gasteiger partial charge in [0.15, 0.2) is 10.8 Å². The molecular weight excluding hydrogens is 545 g/mol. The summed E-state index contributed by atoms with van der Waals surface area (Å²) in [4.78, 5) is 28.6. The van der Waals surface area contributed by atoms with Crippen LogP contribution in [-0.4, -0.2) is 66.0 Å². The number of aromatic nitrogens is 2. The first-order chi connectivity index (χ1) is 16.8. The lowest BCUT2D eigenvalue weighted by Gasteiger charge is -2.27. The molecule has 0 amide bonds. The van der Waals surface area contributed by atoms with Gasteiger partial charge in [0.1, 0.15) is 17.4 Å². The fraction of sp³-hybridized carbons (Fsp3) is 0.409. The molecule has 1 aromatic carbocycles. The molecule has 2 aromatic rings. The number of rotatable bonds is 12. The smallest absolute Gasteiger partial charge is 0.338 e. The highest BCUT2D eigenvalue weighted by molar-refractivity contribution is 9.10. The van der Waals surface area contributed by atoms with Gasteiger partial charge in [0.25, 0.3) is 0 Å². The molecular formula is C22H25BrFN5O5S. The Balaban J connectivity index is 1.87.